The van der Waals surface area contributed by atoms with E-state index in [0.717, 1.165) is 62.4 Å². The number of hydrogen-bond donors (Lipinski definition) is 1. The number of anilines is 1. The van der Waals surface area contributed by atoms with Gasteiger partial charge in [-0.15, -0.1) is 0 Å². The molecule has 0 bridgehead atoms. The molecule has 1 aromatic carbocycles. The van der Waals surface area contributed by atoms with Crippen molar-refractivity contribution >= 4 is 39.4 Å². The number of carbonyl (C=O) groups is 1. The fraction of sp³-hybridized carbons (Fsp3) is 0.423. The van der Waals surface area contributed by atoms with Crippen molar-refractivity contribution in [2.24, 2.45) is 7.05 Å². The highest BCUT2D eigenvalue weighted by molar-refractivity contribution is 6.05. The summed E-state index contributed by atoms with van der Waals surface area (Å²) in [5.74, 6) is 0.524. The Hall–Kier alpha value is -3.43. The third-order valence-electron chi connectivity index (χ3n) is 7.26. The van der Waals surface area contributed by atoms with Gasteiger partial charge in [0.1, 0.15) is 17.0 Å². The van der Waals surface area contributed by atoms with Gasteiger partial charge in [-0.3, -0.25) is 18.9 Å². The molecule has 0 unspecified atom stereocenters. The molecule has 0 aliphatic carbocycles. The first-order chi connectivity index (χ1) is 17.1. The zero-order valence-corrected chi connectivity index (χ0v) is 20.0. The van der Waals surface area contributed by atoms with Crippen molar-refractivity contribution in [3.05, 3.63) is 52.2 Å². The number of rotatable bonds is 5. The van der Waals surface area contributed by atoms with Crippen LogP contribution in [0.5, 0.6) is 0 Å². The number of hydrogen-bond acceptors (Lipinski definition) is 6. The van der Waals surface area contributed by atoms with E-state index in [1.165, 1.54) is 0 Å². The lowest BCUT2D eigenvalue weighted by molar-refractivity contribution is 0.0383. The van der Waals surface area contributed by atoms with Gasteiger partial charge in [-0.05, 0) is 37.1 Å². The molecule has 4 aromatic rings. The Kier molecular flexibility index (Phi) is 5.66. The number of nitrogens with zero attached hydrogens (tertiary/aromatic N) is 5. The van der Waals surface area contributed by atoms with Crippen LogP contribution in [0.25, 0.3) is 27.7 Å². The molecule has 6 rings (SSSR count). The summed E-state index contributed by atoms with van der Waals surface area (Å²) in [5, 5.41) is 3.45. The van der Waals surface area contributed by atoms with E-state index in [1.54, 1.807) is 0 Å². The monoisotopic (exact) mass is 474 g/mol. The maximum atomic E-state index is 13.7. The largest absolute Gasteiger partial charge is 0.379 e. The Labute approximate surface area is 202 Å². The average Bonchev–Trinajstić information content (AvgIpc) is 3.52. The van der Waals surface area contributed by atoms with E-state index in [4.69, 9.17) is 9.72 Å². The highest BCUT2D eigenvalue weighted by Gasteiger charge is 2.25. The summed E-state index contributed by atoms with van der Waals surface area (Å²) in [7, 11) is 1.90. The number of amides is 1. The van der Waals surface area contributed by atoms with E-state index in [-0.39, 0.29) is 16.9 Å². The van der Waals surface area contributed by atoms with E-state index in [1.807, 2.05) is 52.4 Å². The van der Waals surface area contributed by atoms with E-state index < -0.39 is 0 Å². The number of benzene rings is 1. The van der Waals surface area contributed by atoms with Gasteiger partial charge < -0.3 is 19.5 Å². The maximum absolute atomic E-state index is 13.7. The van der Waals surface area contributed by atoms with Gasteiger partial charge in [-0.1, -0.05) is 12.1 Å². The number of ether oxygens (including phenoxy) is 1. The maximum Gasteiger partial charge on any atom is 0.259 e. The summed E-state index contributed by atoms with van der Waals surface area (Å²) < 4.78 is 9.30. The molecule has 0 spiro atoms. The number of imidazole rings is 1. The van der Waals surface area contributed by atoms with E-state index in [9.17, 15) is 9.59 Å². The second kappa shape index (κ2) is 8.98. The minimum Gasteiger partial charge on any atom is -0.379 e. The molecule has 0 atom stereocenters. The fourth-order valence-electron chi connectivity index (χ4n) is 5.40. The van der Waals surface area contributed by atoms with Crippen LogP contribution in [0.3, 0.4) is 0 Å². The molecule has 182 valence electrons. The summed E-state index contributed by atoms with van der Waals surface area (Å²) in [6.07, 6.45) is 2.29. The smallest absolute Gasteiger partial charge is 0.259 e. The topological polar surface area (TPSA) is 84.1 Å². The van der Waals surface area contributed by atoms with Gasteiger partial charge in [0.05, 0.1) is 29.6 Å². The highest BCUT2D eigenvalue weighted by Crippen LogP contribution is 2.27. The zero-order valence-electron chi connectivity index (χ0n) is 20.0. The number of para-hydroxylation sites is 2. The van der Waals surface area contributed by atoms with Crippen molar-refractivity contribution in [2.75, 3.05) is 57.4 Å². The molecule has 5 heterocycles. The second-order valence-corrected chi connectivity index (χ2v) is 9.36. The minimum atomic E-state index is -0.350. The van der Waals surface area contributed by atoms with Crippen LogP contribution in [-0.4, -0.2) is 77.2 Å². The predicted molar refractivity (Wildman–Crippen MR) is 136 cm³/mol. The molecule has 2 aliphatic heterocycles. The minimum absolute atomic E-state index is 0.161. The summed E-state index contributed by atoms with van der Waals surface area (Å²) in [6.45, 7) is 6.26. The third kappa shape index (κ3) is 3.75. The van der Waals surface area contributed by atoms with Gasteiger partial charge >= 0.3 is 0 Å². The number of aryl methyl sites for hydroxylation is 1. The summed E-state index contributed by atoms with van der Waals surface area (Å²) in [4.78, 5) is 36.7. The lowest BCUT2D eigenvalue weighted by Crippen LogP contribution is -2.42. The standard InChI is InChI=1S/C26H30N6O3/c1-29-19-6-2-3-7-20(19)32-24-18(8-9-21(28-24)31-11-4-5-12-31)23(33)22(26(29)32)25(34)27-10-13-30-14-16-35-17-15-30/h2-3,6-9H,4-5,10-17H2,1H3,(H,27,34). The van der Waals surface area contributed by atoms with E-state index in [0.29, 0.717) is 36.4 Å². The van der Waals surface area contributed by atoms with Gasteiger partial charge in [0, 0.05) is 46.3 Å². The molecule has 1 amide bonds. The molecule has 2 aliphatic rings. The number of morpholine rings is 1. The molecule has 9 nitrogen and oxygen atoms in total. The van der Waals surface area contributed by atoms with Gasteiger partial charge in [0.25, 0.3) is 5.91 Å². The number of fused-ring (bicyclic) bond motifs is 5. The Balaban J connectivity index is 1.48. The first-order valence-corrected chi connectivity index (χ1v) is 12.4. The fourth-order valence-corrected chi connectivity index (χ4v) is 5.40. The first kappa shape index (κ1) is 22.1. The zero-order chi connectivity index (χ0) is 23.9. The van der Waals surface area contributed by atoms with Crippen molar-refractivity contribution in [2.45, 2.75) is 12.8 Å². The summed E-state index contributed by atoms with van der Waals surface area (Å²) >= 11 is 0. The number of aromatic nitrogens is 3. The van der Waals surface area contributed by atoms with Crippen molar-refractivity contribution in [3.8, 4) is 0 Å². The Bertz CT molecular complexity index is 1480. The molecular formula is C26H30N6O3. The lowest BCUT2D eigenvalue weighted by Gasteiger charge is -2.26. The van der Waals surface area contributed by atoms with Crippen LogP contribution >= 0.6 is 0 Å². The first-order valence-electron chi connectivity index (χ1n) is 12.4. The van der Waals surface area contributed by atoms with Gasteiger partial charge in [-0.2, -0.15) is 0 Å². The van der Waals surface area contributed by atoms with Crippen molar-refractivity contribution in [1.82, 2.24) is 24.2 Å². The summed E-state index contributed by atoms with van der Waals surface area (Å²) in [6, 6.07) is 11.7. The molecule has 2 saturated heterocycles. The van der Waals surface area contributed by atoms with Gasteiger partial charge in [-0.25, -0.2) is 4.98 Å². The van der Waals surface area contributed by atoms with Crippen LogP contribution in [0.4, 0.5) is 5.82 Å². The second-order valence-electron chi connectivity index (χ2n) is 9.36. The molecule has 3 aromatic heterocycles. The van der Waals surface area contributed by atoms with Crippen molar-refractivity contribution < 1.29 is 9.53 Å². The van der Waals surface area contributed by atoms with Gasteiger partial charge in [0.15, 0.2) is 5.65 Å². The van der Waals surface area contributed by atoms with Gasteiger partial charge in [0.2, 0.25) is 5.43 Å². The Morgan fingerprint density at radius 1 is 1.03 bits per heavy atom. The SMILES string of the molecule is Cn1c2ccccc2n2c3nc(N4CCCC4)ccc3c(=O)c(C(=O)NCCN3CCOCC3)c12. The number of pyridine rings is 2. The lowest BCUT2D eigenvalue weighted by atomic mass is 10.1. The number of carbonyl (C=O) groups excluding carboxylic acids is 1. The Morgan fingerprint density at radius 3 is 2.54 bits per heavy atom. The average molecular weight is 475 g/mol. The molecular weight excluding hydrogens is 444 g/mol. The molecule has 0 radical (unpaired) electrons. The third-order valence-corrected chi connectivity index (χ3v) is 7.26. The normalized spacial score (nSPS) is 17.1. The van der Waals surface area contributed by atoms with Crippen molar-refractivity contribution in [1.29, 1.82) is 0 Å². The van der Waals surface area contributed by atoms with Crippen molar-refractivity contribution in [3.63, 3.8) is 0 Å². The predicted octanol–water partition coefficient (Wildman–Crippen LogP) is 2.00. The number of nitrogens with one attached hydrogen (secondary N) is 1. The van der Waals surface area contributed by atoms with Crippen LogP contribution < -0.4 is 15.6 Å². The molecule has 1 N–H and O–H groups in total. The Morgan fingerprint density at radius 2 is 1.77 bits per heavy atom. The quantitative estimate of drug-likeness (QED) is 0.476. The molecule has 35 heavy (non-hydrogen) atoms. The summed E-state index contributed by atoms with van der Waals surface area (Å²) in [5.41, 5.74) is 2.90. The molecule has 9 heteroatoms. The highest BCUT2D eigenvalue weighted by atomic mass is 16.5. The molecule has 0 saturated carbocycles. The van der Waals surface area contributed by atoms with Crippen LogP contribution in [0.2, 0.25) is 0 Å². The van der Waals surface area contributed by atoms with Crippen LogP contribution in [0.15, 0.2) is 41.2 Å². The van der Waals surface area contributed by atoms with Crippen LogP contribution in [0.1, 0.15) is 23.2 Å². The van der Waals surface area contributed by atoms with E-state index >= 15 is 0 Å². The van der Waals surface area contributed by atoms with Crippen LogP contribution in [0, 0.1) is 0 Å². The van der Waals surface area contributed by atoms with E-state index in [2.05, 4.69) is 15.1 Å². The molecule has 2 fully saturated rings. The van der Waals surface area contributed by atoms with Crippen LogP contribution in [-0.2, 0) is 11.8 Å².